The van der Waals surface area contributed by atoms with Crippen molar-refractivity contribution < 1.29 is 9.47 Å². The number of nitrogens with zero attached hydrogens (tertiary/aromatic N) is 2. The predicted octanol–water partition coefficient (Wildman–Crippen LogP) is 2.28. The van der Waals surface area contributed by atoms with Crippen LogP contribution in [0, 0.1) is 0 Å². The number of aryl methyl sites for hydroxylation is 1. The van der Waals surface area contributed by atoms with Crippen molar-refractivity contribution >= 4 is 28.2 Å². The normalized spacial score (nSPS) is 19.3. The van der Waals surface area contributed by atoms with Gasteiger partial charge in [0.2, 0.25) is 0 Å². The number of thiocarbonyl (C=S) groups is 1. The van der Waals surface area contributed by atoms with Crippen LogP contribution in [0.3, 0.4) is 0 Å². The molecule has 0 aliphatic carbocycles. The SMILES string of the molecule is CCc1ccc2[nH]c(=O)c(CN(CCN3CCOCC3)C(=S)NC[C@H]3CCCO3)cc2c1. The molecule has 1 atom stereocenters. The van der Waals surface area contributed by atoms with Gasteiger partial charge in [0, 0.05) is 50.4 Å². The van der Waals surface area contributed by atoms with Crippen LogP contribution in [0.25, 0.3) is 10.9 Å². The van der Waals surface area contributed by atoms with E-state index in [0.717, 1.165) is 81.7 Å². The van der Waals surface area contributed by atoms with Crippen LogP contribution >= 0.6 is 12.2 Å². The van der Waals surface area contributed by atoms with Gasteiger partial charge in [-0.05, 0) is 60.6 Å². The van der Waals surface area contributed by atoms with Crippen LogP contribution in [-0.2, 0) is 22.4 Å². The fourth-order valence-electron chi connectivity index (χ4n) is 4.30. The molecular formula is C24H34N4O3S. The standard InChI is InChI=1S/C24H34N4O3S/c1-2-18-5-6-22-19(14-18)15-20(23(29)26-22)17-28(8-7-27-9-12-30-13-10-27)24(32)25-16-21-4-3-11-31-21/h5-6,14-15,21H,2-4,7-13,16-17H2,1H3,(H,25,32)(H,26,29)/t21-/m1/s1. The van der Waals surface area contributed by atoms with Gasteiger partial charge in [-0.2, -0.15) is 0 Å². The molecule has 2 aliphatic rings. The first-order chi connectivity index (χ1) is 15.6. The lowest BCUT2D eigenvalue weighted by molar-refractivity contribution is 0.0356. The Labute approximate surface area is 195 Å². The highest BCUT2D eigenvalue weighted by Gasteiger charge is 2.19. The average Bonchev–Trinajstić information content (AvgIpc) is 3.34. The Kier molecular flexibility index (Phi) is 8.13. The van der Waals surface area contributed by atoms with Gasteiger partial charge in [0.1, 0.15) is 0 Å². The Morgan fingerprint density at radius 2 is 2.12 bits per heavy atom. The van der Waals surface area contributed by atoms with E-state index in [-0.39, 0.29) is 11.7 Å². The Hall–Kier alpha value is -2.00. The lowest BCUT2D eigenvalue weighted by atomic mass is 10.1. The molecule has 0 saturated carbocycles. The molecule has 2 aromatic rings. The molecule has 0 amide bonds. The molecule has 2 saturated heterocycles. The Morgan fingerprint density at radius 3 is 2.88 bits per heavy atom. The molecule has 0 spiro atoms. The molecule has 0 bridgehead atoms. The summed E-state index contributed by atoms with van der Waals surface area (Å²) in [6, 6.07) is 8.22. The number of hydrogen-bond acceptors (Lipinski definition) is 5. The Bertz CT molecular complexity index is 967. The maximum atomic E-state index is 12.8. The second-order valence-corrected chi connectivity index (χ2v) is 8.98. The van der Waals surface area contributed by atoms with Crippen LogP contribution in [-0.4, -0.2) is 78.5 Å². The van der Waals surface area contributed by atoms with E-state index in [4.69, 9.17) is 21.7 Å². The lowest BCUT2D eigenvalue weighted by Crippen LogP contribution is -2.47. The van der Waals surface area contributed by atoms with E-state index in [1.807, 2.05) is 12.1 Å². The molecule has 174 valence electrons. The van der Waals surface area contributed by atoms with Crippen LogP contribution in [0.1, 0.15) is 30.9 Å². The largest absolute Gasteiger partial charge is 0.379 e. The molecule has 4 rings (SSSR count). The molecule has 0 unspecified atom stereocenters. The van der Waals surface area contributed by atoms with Crippen molar-refractivity contribution in [3.63, 3.8) is 0 Å². The summed E-state index contributed by atoms with van der Waals surface area (Å²) < 4.78 is 11.2. The zero-order valence-corrected chi connectivity index (χ0v) is 19.7. The van der Waals surface area contributed by atoms with Crippen LogP contribution in [0.2, 0.25) is 0 Å². The van der Waals surface area contributed by atoms with Crippen LogP contribution in [0.5, 0.6) is 0 Å². The summed E-state index contributed by atoms with van der Waals surface area (Å²) in [4.78, 5) is 20.4. The van der Waals surface area contributed by atoms with E-state index in [2.05, 4.69) is 39.2 Å². The fraction of sp³-hybridized carbons (Fsp3) is 0.583. The van der Waals surface area contributed by atoms with E-state index >= 15 is 0 Å². The highest BCUT2D eigenvalue weighted by molar-refractivity contribution is 7.80. The van der Waals surface area contributed by atoms with Crippen molar-refractivity contribution in [2.45, 2.75) is 38.8 Å². The number of ether oxygens (including phenoxy) is 2. The zero-order chi connectivity index (χ0) is 22.3. The molecule has 2 fully saturated rings. The molecule has 3 heterocycles. The summed E-state index contributed by atoms with van der Waals surface area (Å²) in [5.74, 6) is 0. The molecule has 32 heavy (non-hydrogen) atoms. The van der Waals surface area contributed by atoms with Crippen molar-refractivity contribution in [3.05, 3.63) is 45.7 Å². The highest BCUT2D eigenvalue weighted by Crippen LogP contribution is 2.16. The second-order valence-electron chi connectivity index (χ2n) is 8.60. The number of aromatic nitrogens is 1. The maximum absolute atomic E-state index is 12.8. The van der Waals surface area contributed by atoms with Gasteiger partial charge in [0.15, 0.2) is 5.11 Å². The van der Waals surface area contributed by atoms with Gasteiger partial charge in [-0.15, -0.1) is 0 Å². The van der Waals surface area contributed by atoms with Crippen molar-refractivity contribution in [2.24, 2.45) is 0 Å². The highest BCUT2D eigenvalue weighted by atomic mass is 32.1. The Balaban J connectivity index is 1.49. The number of benzene rings is 1. The summed E-state index contributed by atoms with van der Waals surface area (Å²) in [5.41, 5.74) is 2.80. The fourth-order valence-corrected chi connectivity index (χ4v) is 4.54. The van der Waals surface area contributed by atoms with E-state index < -0.39 is 0 Å². The van der Waals surface area contributed by atoms with Crippen molar-refractivity contribution in [2.75, 3.05) is 52.5 Å². The van der Waals surface area contributed by atoms with Gasteiger partial charge in [-0.25, -0.2) is 0 Å². The molecule has 1 aromatic carbocycles. The number of morpholine rings is 1. The van der Waals surface area contributed by atoms with Gasteiger partial charge in [-0.1, -0.05) is 13.0 Å². The third-order valence-corrected chi connectivity index (χ3v) is 6.74. The first-order valence-corrected chi connectivity index (χ1v) is 12.1. The summed E-state index contributed by atoms with van der Waals surface area (Å²) in [5, 5.41) is 5.12. The first kappa shape index (κ1) is 23.2. The number of H-pyrrole nitrogens is 1. The smallest absolute Gasteiger partial charge is 0.253 e. The minimum absolute atomic E-state index is 0.0555. The molecule has 2 aliphatic heterocycles. The molecule has 7 nitrogen and oxygen atoms in total. The number of pyridine rings is 1. The molecule has 2 N–H and O–H groups in total. The number of fused-ring (bicyclic) bond motifs is 1. The topological polar surface area (TPSA) is 69.8 Å². The quantitative estimate of drug-likeness (QED) is 0.588. The first-order valence-electron chi connectivity index (χ1n) is 11.7. The van der Waals surface area contributed by atoms with E-state index in [9.17, 15) is 4.79 Å². The van der Waals surface area contributed by atoms with Crippen molar-refractivity contribution in [3.8, 4) is 0 Å². The monoisotopic (exact) mass is 458 g/mol. The molecule has 8 heteroatoms. The summed E-state index contributed by atoms with van der Waals surface area (Å²) >= 11 is 5.76. The number of hydrogen-bond donors (Lipinski definition) is 2. The summed E-state index contributed by atoms with van der Waals surface area (Å²) in [7, 11) is 0. The predicted molar refractivity (Wildman–Crippen MR) is 131 cm³/mol. The third-order valence-electron chi connectivity index (χ3n) is 6.34. The average molecular weight is 459 g/mol. The van der Waals surface area contributed by atoms with E-state index in [1.165, 1.54) is 5.56 Å². The number of aromatic amines is 1. The minimum Gasteiger partial charge on any atom is -0.379 e. The van der Waals surface area contributed by atoms with Crippen LogP contribution < -0.4 is 10.9 Å². The van der Waals surface area contributed by atoms with Crippen molar-refractivity contribution in [1.82, 2.24) is 20.1 Å². The molecule has 1 aromatic heterocycles. The summed E-state index contributed by atoms with van der Waals surface area (Å²) in [6.07, 6.45) is 3.35. The van der Waals surface area contributed by atoms with Crippen molar-refractivity contribution in [1.29, 1.82) is 0 Å². The number of rotatable bonds is 8. The van der Waals surface area contributed by atoms with E-state index in [1.54, 1.807) is 0 Å². The number of nitrogens with one attached hydrogen (secondary N) is 2. The van der Waals surface area contributed by atoms with Gasteiger partial charge in [0.25, 0.3) is 5.56 Å². The van der Waals surface area contributed by atoms with Gasteiger partial charge in [0.05, 0.1) is 25.9 Å². The molecule has 0 radical (unpaired) electrons. The van der Waals surface area contributed by atoms with Crippen LogP contribution in [0.15, 0.2) is 29.1 Å². The van der Waals surface area contributed by atoms with Gasteiger partial charge < -0.3 is 24.7 Å². The lowest BCUT2D eigenvalue weighted by Gasteiger charge is -2.31. The van der Waals surface area contributed by atoms with E-state index in [0.29, 0.717) is 18.2 Å². The van der Waals surface area contributed by atoms with Gasteiger partial charge >= 0.3 is 0 Å². The Morgan fingerprint density at radius 1 is 1.28 bits per heavy atom. The zero-order valence-electron chi connectivity index (χ0n) is 18.9. The minimum atomic E-state index is -0.0555. The third kappa shape index (κ3) is 6.07. The maximum Gasteiger partial charge on any atom is 0.253 e. The van der Waals surface area contributed by atoms with Crippen LogP contribution in [0.4, 0.5) is 0 Å². The molecular weight excluding hydrogens is 424 g/mol. The summed E-state index contributed by atoms with van der Waals surface area (Å²) in [6.45, 7) is 9.19. The second kappa shape index (κ2) is 11.2. The van der Waals surface area contributed by atoms with Gasteiger partial charge in [-0.3, -0.25) is 9.69 Å².